The first-order valence-corrected chi connectivity index (χ1v) is 8.59. The van der Waals surface area contributed by atoms with Gasteiger partial charge in [-0.3, -0.25) is 0 Å². The molecule has 1 aromatic carbocycles. The van der Waals surface area contributed by atoms with Crippen molar-refractivity contribution in [1.29, 1.82) is 0 Å². The summed E-state index contributed by atoms with van der Waals surface area (Å²) in [5, 5.41) is 1.21. The number of thiophene rings is 1. The smallest absolute Gasteiger partial charge is 0.162 e. The first-order valence-electron chi connectivity index (χ1n) is 6.69. The van der Waals surface area contributed by atoms with Gasteiger partial charge in [0.1, 0.15) is 0 Å². The van der Waals surface area contributed by atoms with E-state index in [2.05, 4.69) is 53.8 Å². The van der Waals surface area contributed by atoms with Crippen LogP contribution in [0.5, 0.6) is 11.5 Å². The Morgan fingerprint density at radius 3 is 2.65 bits per heavy atom. The van der Waals surface area contributed by atoms with E-state index in [0.717, 1.165) is 17.9 Å². The molecule has 4 heteroatoms. The lowest BCUT2D eigenvalue weighted by molar-refractivity contribution is 0.230. The molecule has 1 heterocycles. The molecule has 0 saturated carbocycles. The zero-order valence-corrected chi connectivity index (χ0v) is 15.2. The minimum atomic E-state index is 0.138. The van der Waals surface area contributed by atoms with E-state index >= 15 is 0 Å². The third-order valence-electron chi connectivity index (χ3n) is 2.78. The Balaban J connectivity index is 2.49. The van der Waals surface area contributed by atoms with E-state index in [1.165, 1.54) is 18.5 Å². The Bertz CT molecular complexity index is 629. The summed E-state index contributed by atoms with van der Waals surface area (Å²) >= 11 is 4.19. The molecule has 0 radical (unpaired) electrons. The van der Waals surface area contributed by atoms with Crippen molar-refractivity contribution in [3.05, 3.63) is 29.2 Å². The number of methoxy groups -OCH3 is 1. The van der Waals surface area contributed by atoms with Crippen molar-refractivity contribution in [1.82, 2.24) is 0 Å². The third-order valence-corrected chi connectivity index (χ3v) is 5.30. The first kappa shape index (κ1) is 15.6. The Morgan fingerprint density at radius 1 is 1.30 bits per heavy atom. The molecule has 2 nitrogen and oxygen atoms in total. The van der Waals surface area contributed by atoms with Gasteiger partial charge in [0.05, 0.1) is 13.2 Å². The van der Waals surface area contributed by atoms with Crippen molar-refractivity contribution in [3.63, 3.8) is 0 Å². The second kappa shape index (κ2) is 6.80. The van der Waals surface area contributed by atoms with Gasteiger partial charge in [-0.1, -0.05) is 13.0 Å². The number of hydrogen-bond acceptors (Lipinski definition) is 3. The number of ether oxygens (including phenoxy) is 2. The van der Waals surface area contributed by atoms with Crippen molar-refractivity contribution >= 4 is 47.6 Å². The lowest BCUT2D eigenvalue weighted by Crippen LogP contribution is -2.06. The fourth-order valence-electron chi connectivity index (χ4n) is 1.95. The van der Waals surface area contributed by atoms with Gasteiger partial charge in [0.2, 0.25) is 0 Å². The van der Waals surface area contributed by atoms with Crippen LogP contribution >= 0.6 is 33.9 Å². The minimum Gasteiger partial charge on any atom is -0.493 e. The van der Waals surface area contributed by atoms with Gasteiger partial charge in [0, 0.05) is 19.2 Å². The van der Waals surface area contributed by atoms with Crippen molar-refractivity contribution in [3.8, 4) is 11.5 Å². The van der Waals surface area contributed by atoms with Gasteiger partial charge in [-0.2, -0.15) is 0 Å². The van der Waals surface area contributed by atoms with E-state index in [-0.39, 0.29) is 6.10 Å². The maximum atomic E-state index is 5.82. The molecule has 2 aromatic rings. The van der Waals surface area contributed by atoms with Gasteiger partial charge in [-0.25, -0.2) is 0 Å². The minimum absolute atomic E-state index is 0.138. The van der Waals surface area contributed by atoms with Crippen LogP contribution in [0.3, 0.4) is 0 Å². The Labute approximate surface area is 137 Å². The summed E-state index contributed by atoms with van der Waals surface area (Å²) in [5.41, 5.74) is 0. The predicted molar refractivity (Wildman–Crippen MR) is 96.4 cm³/mol. The van der Waals surface area contributed by atoms with E-state index in [1.807, 2.05) is 13.8 Å². The van der Waals surface area contributed by atoms with Gasteiger partial charge in [-0.05, 0) is 60.4 Å². The molecule has 0 aliphatic rings. The number of allylic oxidation sites excluding steroid dienone is 1. The van der Waals surface area contributed by atoms with Crippen LogP contribution in [0.4, 0.5) is 0 Å². The first-order chi connectivity index (χ1) is 9.55. The van der Waals surface area contributed by atoms with Gasteiger partial charge >= 0.3 is 0 Å². The van der Waals surface area contributed by atoms with Crippen LogP contribution < -0.4 is 9.47 Å². The molecule has 0 amide bonds. The number of benzene rings is 1. The van der Waals surface area contributed by atoms with Crippen molar-refractivity contribution < 1.29 is 9.47 Å². The molecule has 0 saturated heterocycles. The summed E-state index contributed by atoms with van der Waals surface area (Å²) in [7, 11) is 1.68. The Hall–Kier alpha value is -0.750. The van der Waals surface area contributed by atoms with Gasteiger partial charge in [0.25, 0.3) is 0 Å². The summed E-state index contributed by atoms with van der Waals surface area (Å²) in [6, 6.07) is 6.36. The SMILES string of the molecule is CC/C=C(\I)c1cc2cc(OC(C)C)c(OC)cc2s1. The fraction of sp³-hybridized carbons (Fsp3) is 0.375. The highest BCUT2D eigenvalue weighted by Gasteiger charge is 2.12. The number of hydrogen-bond donors (Lipinski definition) is 0. The van der Waals surface area contributed by atoms with Gasteiger partial charge < -0.3 is 9.47 Å². The van der Waals surface area contributed by atoms with Crippen LogP contribution in [0, 0.1) is 0 Å². The highest BCUT2D eigenvalue weighted by atomic mass is 127. The number of fused-ring (bicyclic) bond motifs is 1. The molecule has 0 spiro atoms. The maximum absolute atomic E-state index is 5.82. The largest absolute Gasteiger partial charge is 0.493 e. The third kappa shape index (κ3) is 3.47. The van der Waals surface area contributed by atoms with E-state index in [0.29, 0.717) is 0 Å². The Morgan fingerprint density at radius 2 is 2.05 bits per heavy atom. The van der Waals surface area contributed by atoms with Gasteiger partial charge in [-0.15, -0.1) is 11.3 Å². The van der Waals surface area contributed by atoms with Crippen LogP contribution in [0.25, 0.3) is 13.7 Å². The van der Waals surface area contributed by atoms with Crippen molar-refractivity contribution in [2.45, 2.75) is 33.3 Å². The summed E-state index contributed by atoms with van der Waals surface area (Å²) in [5.74, 6) is 1.61. The number of halogens is 1. The van der Waals surface area contributed by atoms with Crippen LogP contribution in [-0.2, 0) is 0 Å². The molecule has 0 bridgehead atoms. The molecule has 0 fully saturated rings. The number of rotatable bonds is 5. The van der Waals surface area contributed by atoms with Crippen LogP contribution in [0.15, 0.2) is 24.3 Å². The monoisotopic (exact) mass is 402 g/mol. The topological polar surface area (TPSA) is 18.5 Å². The fourth-order valence-corrected chi connectivity index (χ4v) is 3.88. The predicted octanol–water partition coefficient (Wildman–Crippen LogP) is 5.88. The van der Waals surface area contributed by atoms with Crippen LogP contribution in [-0.4, -0.2) is 13.2 Å². The molecule has 0 aliphatic carbocycles. The molecule has 0 atom stereocenters. The van der Waals surface area contributed by atoms with E-state index in [4.69, 9.17) is 9.47 Å². The Kier molecular flexibility index (Phi) is 5.32. The molecular formula is C16H19IO2S. The molecule has 0 aliphatic heterocycles. The molecule has 0 unspecified atom stereocenters. The quantitative estimate of drug-likeness (QED) is 0.582. The summed E-state index contributed by atoms with van der Waals surface area (Å²) < 4.78 is 13.8. The molecular weight excluding hydrogens is 383 g/mol. The molecule has 2 rings (SSSR count). The van der Waals surface area contributed by atoms with Crippen molar-refractivity contribution in [2.24, 2.45) is 0 Å². The second-order valence-electron chi connectivity index (χ2n) is 4.78. The average molecular weight is 402 g/mol. The zero-order chi connectivity index (χ0) is 14.7. The normalized spacial score (nSPS) is 12.2. The van der Waals surface area contributed by atoms with Gasteiger partial charge in [0.15, 0.2) is 11.5 Å². The molecule has 108 valence electrons. The molecule has 0 N–H and O–H groups in total. The lowest BCUT2D eigenvalue weighted by atomic mass is 10.2. The second-order valence-corrected chi connectivity index (χ2v) is 7.02. The highest BCUT2D eigenvalue weighted by molar-refractivity contribution is 14.1. The maximum Gasteiger partial charge on any atom is 0.162 e. The van der Waals surface area contributed by atoms with Crippen molar-refractivity contribution in [2.75, 3.05) is 7.11 Å². The van der Waals surface area contributed by atoms with E-state index in [9.17, 15) is 0 Å². The standard InChI is InChI=1S/C16H19IO2S/c1-5-6-12(17)16-8-11-7-14(19-10(2)3)13(18-4)9-15(11)20-16/h6-10H,5H2,1-4H3/b12-6-. The molecule has 20 heavy (non-hydrogen) atoms. The highest BCUT2D eigenvalue weighted by Crippen LogP contribution is 2.40. The zero-order valence-electron chi connectivity index (χ0n) is 12.2. The lowest BCUT2D eigenvalue weighted by Gasteiger charge is -2.13. The van der Waals surface area contributed by atoms with E-state index in [1.54, 1.807) is 18.4 Å². The van der Waals surface area contributed by atoms with Crippen LogP contribution in [0.1, 0.15) is 32.1 Å². The molecule has 1 aromatic heterocycles. The summed E-state index contributed by atoms with van der Waals surface area (Å²) in [6.07, 6.45) is 3.44. The van der Waals surface area contributed by atoms with E-state index < -0.39 is 0 Å². The summed E-state index contributed by atoms with van der Waals surface area (Å²) in [4.78, 5) is 1.30. The van der Waals surface area contributed by atoms with Crippen LogP contribution in [0.2, 0.25) is 0 Å². The summed E-state index contributed by atoms with van der Waals surface area (Å²) in [6.45, 7) is 6.20. The average Bonchev–Trinajstić information content (AvgIpc) is 2.80.